The van der Waals surface area contributed by atoms with Crippen molar-refractivity contribution in [2.24, 2.45) is 5.41 Å². The lowest BCUT2D eigenvalue weighted by molar-refractivity contribution is -0.182. The summed E-state index contributed by atoms with van der Waals surface area (Å²) in [5.41, 5.74) is 0.0172. The summed E-state index contributed by atoms with van der Waals surface area (Å²) in [6, 6.07) is 5.43. The van der Waals surface area contributed by atoms with Crippen LogP contribution in [0.25, 0.3) is 0 Å². The normalized spacial score (nSPS) is 16.8. The maximum atomic E-state index is 12.0. The molecule has 1 aromatic carbocycles. The molecule has 0 aromatic heterocycles. The Balaban J connectivity index is 2.21. The van der Waals surface area contributed by atoms with Crippen LogP contribution in [0, 0.1) is 12.3 Å². The molecule has 1 aliphatic rings. The van der Waals surface area contributed by atoms with Crippen LogP contribution < -0.4 is 5.32 Å². The Morgan fingerprint density at radius 3 is 2.61 bits per heavy atom. The zero-order valence-corrected chi connectivity index (χ0v) is 11.3. The van der Waals surface area contributed by atoms with Crippen molar-refractivity contribution in [3.8, 4) is 0 Å². The monoisotopic (exact) mass is 313 g/mol. The van der Waals surface area contributed by atoms with Gasteiger partial charge in [-0.3, -0.25) is 9.59 Å². The molecule has 0 atom stereocenters. The van der Waals surface area contributed by atoms with Gasteiger partial charge in [0.25, 0.3) is 0 Å². The molecule has 0 saturated carbocycles. The zero-order chi connectivity index (χ0) is 13.3. The first-order valence-electron chi connectivity index (χ1n) is 5.34. The number of nitrogens with one attached hydrogen (secondary N) is 1. The van der Waals surface area contributed by atoms with Crippen molar-refractivity contribution in [2.75, 3.05) is 18.5 Å². The lowest BCUT2D eigenvalue weighted by Gasteiger charge is -2.35. The first-order chi connectivity index (χ1) is 8.45. The van der Waals surface area contributed by atoms with Crippen molar-refractivity contribution in [3.05, 3.63) is 28.2 Å². The predicted molar refractivity (Wildman–Crippen MR) is 68.4 cm³/mol. The van der Waals surface area contributed by atoms with E-state index < -0.39 is 17.3 Å². The summed E-state index contributed by atoms with van der Waals surface area (Å²) in [6.07, 6.45) is 0. The number of aliphatic carboxylic acids is 1. The van der Waals surface area contributed by atoms with Crippen LogP contribution in [0.5, 0.6) is 0 Å². The molecule has 0 bridgehead atoms. The molecule has 18 heavy (non-hydrogen) atoms. The maximum Gasteiger partial charge on any atom is 0.324 e. The van der Waals surface area contributed by atoms with E-state index in [1.807, 2.05) is 19.1 Å². The van der Waals surface area contributed by atoms with E-state index in [1.165, 1.54) is 0 Å². The molecule has 1 heterocycles. The number of anilines is 1. The number of halogens is 1. The minimum Gasteiger partial charge on any atom is -0.480 e. The molecular formula is C12H12BrNO4. The fourth-order valence-corrected chi connectivity index (χ4v) is 1.99. The fourth-order valence-electron chi connectivity index (χ4n) is 1.63. The third kappa shape index (κ3) is 2.13. The van der Waals surface area contributed by atoms with Crippen molar-refractivity contribution >= 4 is 33.5 Å². The molecule has 0 spiro atoms. The van der Waals surface area contributed by atoms with Gasteiger partial charge in [-0.1, -0.05) is 22.0 Å². The van der Waals surface area contributed by atoms with Gasteiger partial charge < -0.3 is 15.2 Å². The van der Waals surface area contributed by atoms with Gasteiger partial charge in [0.05, 0.1) is 13.2 Å². The molecule has 0 aliphatic carbocycles. The minimum atomic E-state index is -1.45. The quantitative estimate of drug-likeness (QED) is 0.834. The SMILES string of the molecule is Cc1ccc(Br)cc1NC(=O)C1(C(=O)O)COC1. The number of carboxylic acid groups (broad SMARTS) is 1. The summed E-state index contributed by atoms with van der Waals surface area (Å²) in [7, 11) is 0. The van der Waals surface area contributed by atoms with E-state index >= 15 is 0 Å². The first kappa shape index (κ1) is 13.0. The molecule has 96 valence electrons. The summed E-state index contributed by atoms with van der Waals surface area (Å²) in [4.78, 5) is 23.2. The van der Waals surface area contributed by atoms with Crippen LogP contribution in [-0.2, 0) is 14.3 Å². The second-order valence-electron chi connectivity index (χ2n) is 4.29. The maximum absolute atomic E-state index is 12.0. The van der Waals surface area contributed by atoms with E-state index in [-0.39, 0.29) is 13.2 Å². The molecule has 1 aromatic rings. The summed E-state index contributed by atoms with van der Waals surface area (Å²) in [5.74, 6) is -1.69. The van der Waals surface area contributed by atoms with Gasteiger partial charge in [0.2, 0.25) is 5.91 Å². The van der Waals surface area contributed by atoms with Gasteiger partial charge in [-0.05, 0) is 24.6 Å². The Bertz CT molecular complexity index is 511. The Morgan fingerprint density at radius 1 is 1.44 bits per heavy atom. The van der Waals surface area contributed by atoms with Crippen LogP contribution in [0.2, 0.25) is 0 Å². The molecule has 6 heteroatoms. The van der Waals surface area contributed by atoms with Crippen LogP contribution in [-0.4, -0.2) is 30.2 Å². The van der Waals surface area contributed by atoms with Gasteiger partial charge in [-0.2, -0.15) is 0 Å². The van der Waals surface area contributed by atoms with Crippen molar-refractivity contribution in [2.45, 2.75) is 6.92 Å². The van der Waals surface area contributed by atoms with Crippen molar-refractivity contribution in [1.82, 2.24) is 0 Å². The lowest BCUT2D eigenvalue weighted by Crippen LogP contribution is -2.57. The standard InChI is InChI=1S/C12H12BrNO4/c1-7-2-3-8(13)4-9(7)14-10(15)12(11(16)17)5-18-6-12/h2-4H,5-6H2,1H3,(H,14,15)(H,16,17). The number of carbonyl (C=O) groups excluding carboxylic acids is 1. The van der Waals surface area contributed by atoms with Gasteiger partial charge in [0.1, 0.15) is 0 Å². The van der Waals surface area contributed by atoms with Gasteiger partial charge >= 0.3 is 5.97 Å². The number of carboxylic acids is 1. The van der Waals surface area contributed by atoms with Crippen LogP contribution in [0.1, 0.15) is 5.56 Å². The van der Waals surface area contributed by atoms with E-state index in [9.17, 15) is 9.59 Å². The molecule has 5 nitrogen and oxygen atoms in total. The van der Waals surface area contributed by atoms with E-state index in [0.29, 0.717) is 5.69 Å². The number of hydrogen-bond acceptors (Lipinski definition) is 3. The molecule has 0 unspecified atom stereocenters. The molecule has 1 aliphatic heterocycles. The molecule has 2 N–H and O–H groups in total. The van der Waals surface area contributed by atoms with Crippen LogP contribution in [0.15, 0.2) is 22.7 Å². The zero-order valence-electron chi connectivity index (χ0n) is 9.70. The number of rotatable bonds is 3. The molecule has 0 radical (unpaired) electrons. The Morgan fingerprint density at radius 2 is 2.11 bits per heavy atom. The van der Waals surface area contributed by atoms with Gasteiger partial charge in [-0.15, -0.1) is 0 Å². The molecular weight excluding hydrogens is 302 g/mol. The van der Waals surface area contributed by atoms with Crippen LogP contribution in [0.4, 0.5) is 5.69 Å². The number of aryl methyl sites for hydroxylation is 1. The van der Waals surface area contributed by atoms with Crippen LogP contribution >= 0.6 is 15.9 Å². The van der Waals surface area contributed by atoms with E-state index in [2.05, 4.69) is 21.2 Å². The van der Waals surface area contributed by atoms with Crippen molar-refractivity contribution < 1.29 is 19.4 Å². The molecule has 1 fully saturated rings. The van der Waals surface area contributed by atoms with Crippen LogP contribution in [0.3, 0.4) is 0 Å². The Labute approximate surface area is 112 Å². The second-order valence-corrected chi connectivity index (χ2v) is 5.21. The number of benzene rings is 1. The molecule has 2 rings (SSSR count). The number of ether oxygens (including phenoxy) is 1. The molecule has 1 saturated heterocycles. The molecule has 1 amide bonds. The van der Waals surface area contributed by atoms with E-state index in [1.54, 1.807) is 6.07 Å². The van der Waals surface area contributed by atoms with E-state index in [4.69, 9.17) is 9.84 Å². The predicted octanol–water partition coefficient (Wildman–Crippen LogP) is 1.80. The summed E-state index contributed by atoms with van der Waals surface area (Å²) >= 11 is 3.30. The highest BCUT2D eigenvalue weighted by Crippen LogP contribution is 2.30. The highest BCUT2D eigenvalue weighted by Gasteiger charge is 2.53. The van der Waals surface area contributed by atoms with E-state index in [0.717, 1.165) is 10.0 Å². The van der Waals surface area contributed by atoms with Gasteiger partial charge in [0, 0.05) is 10.2 Å². The third-order valence-corrected chi connectivity index (χ3v) is 3.48. The Hall–Kier alpha value is -1.40. The lowest BCUT2D eigenvalue weighted by atomic mass is 9.85. The van der Waals surface area contributed by atoms with Gasteiger partial charge in [-0.25, -0.2) is 0 Å². The topological polar surface area (TPSA) is 75.6 Å². The highest BCUT2D eigenvalue weighted by atomic mass is 79.9. The fraction of sp³-hybridized carbons (Fsp3) is 0.333. The Kier molecular flexibility index (Phi) is 3.41. The average Bonchev–Trinajstić information content (AvgIpc) is 2.21. The first-order valence-corrected chi connectivity index (χ1v) is 6.14. The summed E-state index contributed by atoms with van der Waals surface area (Å²) in [5, 5.41) is 11.8. The minimum absolute atomic E-state index is 0.0821. The van der Waals surface area contributed by atoms with Crippen molar-refractivity contribution in [1.29, 1.82) is 0 Å². The number of carbonyl (C=O) groups is 2. The number of hydrogen-bond donors (Lipinski definition) is 2. The largest absolute Gasteiger partial charge is 0.480 e. The highest BCUT2D eigenvalue weighted by molar-refractivity contribution is 9.10. The average molecular weight is 314 g/mol. The second kappa shape index (κ2) is 4.70. The summed E-state index contributed by atoms with van der Waals surface area (Å²) in [6.45, 7) is 1.68. The third-order valence-electron chi connectivity index (χ3n) is 2.99. The van der Waals surface area contributed by atoms with Gasteiger partial charge in [0.15, 0.2) is 5.41 Å². The smallest absolute Gasteiger partial charge is 0.324 e. The van der Waals surface area contributed by atoms with Crippen molar-refractivity contribution in [3.63, 3.8) is 0 Å². The number of amides is 1. The summed E-state index contributed by atoms with van der Waals surface area (Å²) < 4.78 is 5.68.